The SMILES string of the molecule is Cc1csc(Cc2cccc(Cl)c2)c1. The molecule has 14 heavy (non-hydrogen) atoms. The quantitative estimate of drug-likeness (QED) is 0.711. The molecule has 0 atom stereocenters. The molecule has 0 nitrogen and oxygen atoms in total. The molecule has 0 bridgehead atoms. The summed E-state index contributed by atoms with van der Waals surface area (Å²) in [4.78, 5) is 1.39. The van der Waals surface area contributed by atoms with Crippen LogP contribution < -0.4 is 0 Å². The average molecular weight is 223 g/mol. The van der Waals surface area contributed by atoms with E-state index in [1.54, 1.807) is 0 Å². The molecule has 0 radical (unpaired) electrons. The van der Waals surface area contributed by atoms with Crippen molar-refractivity contribution in [3.05, 3.63) is 56.7 Å². The second kappa shape index (κ2) is 4.16. The van der Waals surface area contributed by atoms with Gasteiger partial charge in [-0.1, -0.05) is 23.7 Å². The third-order valence-corrected chi connectivity index (χ3v) is 3.34. The normalized spacial score (nSPS) is 10.4. The van der Waals surface area contributed by atoms with Gasteiger partial charge in [0.15, 0.2) is 0 Å². The van der Waals surface area contributed by atoms with E-state index >= 15 is 0 Å². The molecule has 72 valence electrons. The number of rotatable bonds is 2. The van der Waals surface area contributed by atoms with Gasteiger partial charge in [-0.3, -0.25) is 0 Å². The highest BCUT2D eigenvalue weighted by Gasteiger charge is 1.99. The Bertz CT molecular complexity index is 431. The predicted molar refractivity (Wildman–Crippen MR) is 63.3 cm³/mol. The molecular formula is C12H11ClS. The van der Waals surface area contributed by atoms with Gasteiger partial charge in [-0.2, -0.15) is 0 Å². The average Bonchev–Trinajstić information content (AvgIpc) is 2.51. The second-order valence-corrected chi connectivity index (χ2v) is 4.83. The van der Waals surface area contributed by atoms with E-state index in [9.17, 15) is 0 Å². The van der Waals surface area contributed by atoms with Crippen LogP contribution in [0.1, 0.15) is 16.0 Å². The molecule has 2 heteroatoms. The maximum atomic E-state index is 5.92. The Labute approximate surface area is 93.2 Å². The maximum absolute atomic E-state index is 5.92. The van der Waals surface area contributed by atoms with Crippen molar-refractivity contribution in [2.24, 2.45) is 0 Å². The smallest absolute Gasteiger partial charge is 0.0408 e. The Morgan fingerprint density at radius 3 is 2.79 bits per heavy atom. The summed E-state index contributed by atoms with van der Waals surface area (Å²) < 4.78 is 0. The van der Waals surface area contributed by atoms with Gasteiger partial charge in [0.05, 0.1) is 0 Å². The standard InChI is InChI=1S/C12H11ClS/c1-9-5-12(14-8-9)7-10-3-2-4-11(13)6-10/h2-6,8H,7H2,1H3. The number of benzene rings is 1. The van der Waals surface area contributed by atoms with E-state index in [1.807, 2.05) is 29.5 Å². The lowest BCUT2D eigenvalue weighted by atomic mass is 10.1. The summed E-state index contributed by atoms with van der Waals surface area (Å²) in [5.41, 5.74) is 2.62. The molecule has 0 N–H and O–H groups in total. The molecule has 0 aliphatic rings. The van der Waals surface area contributed by atoms with Crippen molar-refractivity contribution in [1.29, 1.82) is 0 Å². The second-order valence-electron chi connectivity index (χ2n) is 3.40. The number of thiophene rings is 1. The van der Waals surface area contributed by atoms with Crippen LogP contribution >= 0.6 is 22.9 Å². The fourth-order valence-electron chi connectivity index (χ4n) is 1.43. The zero-order chi connectivity index (χ0) is 9.97. The van der Waals surface area contributed by atoms with Gasteiger partial charge in [-0.05, 0) is 41.6 Å². The molecule has 2 rings (SSSR count). The van der Waals surface area contributed by atoms with Crippen LogP contribution in [0, 0.1) is 6.92 Å². The third-order valence-electron chi connectivity index (χ3n) is 2.05. The van der Waals surface area contributed by atoms with Gasteiger partial charge in [0.25, 0.3) is 0 Å². The van der Waals surface area contributed by atoms with Gasteiger partial charge >= 0.3 is 0 Å². The van der Waals surface area contributed by atoms with Crippen molar-refractivity contribution >= 4 is 22.9 Å². The van der Waals surface area contributed by atoms with Gasteiger partial charge in [0, 0.05) is 16.3 Å². The minimum absolute atomic E-state index is 0.816. The predicted octanol–water partition coefficient (Wildman–Crippen LogP) is 4.30. The van der Waals surface area contributed by atoms with Crippen molar-refractivity contribution in [3.63, 3.8) is 0 Å². The van der Waals surface area contributed by atoms with Crippen LogP contribution in [0.25, 0.3) is 0 Å². The molecule has 0 aliphatic carbocycles. The summed E-state index contributed by atoms with van der Waals surface area (Å²) in [6.07, 6.45) is 0.985. The Balaban J connectivity index is 2.18. The maximum Gasteiger partial charge on any atom is 0.0408 e. The molecule has 0 aliphatic heterocycles. The van der Waals surface area contributed by atoms with Crippen LogP contribution in [0.3, 0.4) is 0 Å². The highest BCUT2D eigenvalue weighted by atomic mass is 35.5. The summed E-state index contributed by atoms with van der Waals surface area (Å²) in [7, 11) is 0. The molecule has 1 aromatic heterocycles. The lowest BCUT2D eigenvalue weighted by Crippen LogP contribution is -1.83. The summed E-state index contributed by atoms with van der Waals surface area (Å²) >= 11 is 7.73. The molecule has 0 spiro atoms. The third kappa shape index (κ3) is 2.37. The van der Waals surface area contributed by atoms with Gasteiger partial charge in [-0.25, -0.2) is 0 Å². The van der Waals surface area contributed by atoms with Crippen LogP contribution in [0.5, 0.6) is 0 Å². The first-order valence-corrected chi connectivity index (χ1v) is 5.78. The molecule has 0 saturated carbocycles. The van der Waals surface area contributed by atoms with Gasteiger partial charge in [0.1, 0.15) is 0 Å². The lowest BCUT2D eigenvalue weighted by molar-refractivity contribution is 1.24. The van der Waals surface area contributed by atoms with E-state index in [2.05, 4.69) is 24.4 Å². The van der Waals surface area contributed by atoms with Crippen LogP contribution in [-0.4, -0.2) is 0 Å². The van der Waals surface area contributed by atoms with Crippen molar-refractivity contribution < 1.29 is 0 Å². The van der Waals surface area contributed by atoms with Crippen molar-refractivity contribution in [2.75, 3.05) is 0 Å². The minimum Gasteiger partial charge on any atom is -0.148 e. The van der Waals surface area contributed by atoms with Crippen molar-refractivity contribution in [1.82, 2.24) is 0 Å². The highest BCUT2D eigenvalue weighted by Crippen LogP contribution is 2.19. The van der Waals surface area contributed by atoms with E-state index in [0.29, 0.717) is 0 Å². The van der Waals surface area contributed by atoms with Crippen LogP contribution in [0.4, 0.5) is 0 Å². The Kier molecular flexibility index (Phi) is 2.90. The van der Waals surface area contributed by atoms with Crippen molar-refractivity contribution in [3.8, 4) is 0 Å². The summed E-state index contributed by atoms with van der Waals surface area (Å²) in [5, 5.41) is 3.00. The zero-order valence-corrected chi connectivity index (χ0v) is 9.53. The van der Waals surface area contributed by atoms with E-state index < -0.39 is 0 Å². The number of hydrogen-bond donors (Lipinski definition) is 0. The molecule has 0 amide bonds. The lowest BCUT2D eigenvalue weighted by Gasteiger charge is -1.98. The van der Waals surface area contributed by atoms with E-state index in [-0.39, 0.29) is 0 Å². The fraction of sp³-hybridized carbons (Fsp3) is 0.167. The topological polar surface area (TPSA) is 0 Å². The molecule has 1 aromatic carbocycles. The first kappa shape index (κ1) is 9.75. The minimum atomic E-state index is 0.816. The molecular weight excluding hydrogens is 212 g/mol. The van der Waals surface area contributed by atoms with Gasteiger partial charge < -0.3 is 0 Å². The monoisotopic (exact) mass is 222 g/mol. The van der Waals surface area contributed by atoms with Crippen LogP contribution in [0.15, 0.2) is 35.7 Å². The largest absolute Gasteiger partial charge is 0.148 e. The van der Waals surface area contributed by atoms with Crippen LogP contribution in [0.2, 0.25) is 5.02 Å². The number of hydrogen-bond acceptors (Lipinski definition) is 1. The van der Waals surface area contributed by atoms with Gasteiger partial charge in [0.2, 0.25) is 0 Å². The van der Waals surface area contributed by atoms with Crippen LogP contribution in [-0.2, 0) is 6.42 Å². The Hall–Kier alpha value is -0.790. The first-order chi connectivity index (χ1) is 6.74. The zero-order valence-electron chi connectivity index (χ0n) is 7.96. The highest BCUT2D eigenvalue weighted by molar-refractivity contribution is 7.10. The molecule has 0 fully saturated rings. The summed E-state index contributed by atoms with van der Waals surface area (Å²) in [6.45, 7) is 2.12. The van der Waals surface area contributed by atoms with E-state index in [1.165, 1.54) is 16.0 Å². The Morgan fingerprint density at radius 2 is 2.14 bits per heavy atom. The van der Waals surface area contributed by atoms with E-state index in [4.69, 9.17) is 11.6 Å². The fourth-order valence-corrected chi connectivity index (χ4v) is 2.55. The van der Waals surface area contributed by atoms with Crippen molar-refractivity contribution in [2.45, 2.75) is 13.3 Å². The summed E-state index contributed by atoms with van der Waals surface area (Å²) in [6, 6.07) is 10.3. The first-order valence-electron chi connectivity index (χ1n) is 4.52. The molecule has 1 heterocycles. The summed E-state index contributed by atoms with van der Waals surface area (Å²) in [5.74, 6) is 0. The molecule has 2 aromatic rings. The number of aryl methyl sites for hydroxylation is 1. The van der Waals surface area contributed by atoms with Gasteiger partial charge in [-0.15, -0.1) is 11.3 Å². The Morgan fingerprint density at radius 1 is 1.29 bits per heavy atom. The number of halogens is 1. The molecule has 0 unspecified atom stereocenters. The van der Waals surface area contributed by atoms with E-state index in [0.717, 1.165) is 11.4 Å². The molecule has 0 saturated heterocycles.